The van der Waals surface area contributed by atoms with E-state index in [1.807, 2.05) is 0 Å². The van der Waals surface area contributed by atoms with Crippen molar-refractivity contribution in [1.29, 1.82) is 0 Å². The van der Waals surface area contributed by atoms with E-state index in [1.54, 1.807) is 33.3 Å². The fourth-order valence-corrected chi connectivity index (χ4v) is 3.87. The van der Waals surface area contributed by atoms with Gasteiger partial charge >= 0.3 is 0 Å². The Bertz CT molecular complexity index is 1040. The highest BCUT2D eigenvalue weighted by Gasteiger charge is 2.32. The molecule has 1 amide bonds. The summed E-state index contributed by atoms with van der Waals surface area (Å²) in [5, 5.41) is 16.5. The van der Waals surface area contributed by atoms with Crippen molar-refractivity contribution < 1.29 is 14.6 Å². The van der Waals surface area contributed by atoms with E-state index >= 15 is 0 Å². The first-order valence-corrected chi connectivity index (χ1v) is 9.89. The third-order valence-corrected chi connectivity index (χ3v) is 5.61. The number of hydrogen-bond donors (Lipinski definition) is 3. The van der Waals surface area contributed by atoms with Crippen molar-refractivity contribution in [3.63, 3.8) is 0 Å². The number of rotatable bonds is 7. The van der Waals surface area contributed by atoms with Crippen LogP contribution in [0.5, 0.6) is 5.75 Å². The second-order valence-corrected chi connectivity index (χ2v) is 7.75. The second-order valence-electron chi connectivity index (χ2n) is 7.75. The van der Waals surface area contributed by atoms with E-state index in [-0.39, 0.29) is 46.2 Å². The number of nitrogens with zero attached hydrogens (tertiary/aromatic N) is 1. The molecule has 2 aromatic carbocycles. The van der Waals surface area contributed by atoms with Crippen LogP contribution in [0.25, 0.3) is 0 Å². The summed E-state index contributed by atoms with van der Waals surface area (Å²) in [5.41, 5.74) is -0.730. The molecule has 160 valence electrons. The minimum absolute atomic E-state index is 0.0374. The highest BCUT2D eigenvalue weighted by atomic mass is 16.5. The van der Waals surface area contributed by atoms with Crippen LogP contribution in [0.3, 0.4) is 0 Å². The molecule has 0 spiro atoms. The van der Waals surface area contributed by atoms with Crippen LogP contribution < -0.4 is 21.5 Å². The molecule has 8 nitrogen and oxygen atoms in total. The van der Waals surface area contributed by atoms with E-state index in [2.05, 4.69) is 17.2 Å². The number of benzene rings is 1. The number of carbonyl (C=O) groups is 1. The lowest BCUT2D eigenvalue weighted by Crippen LogP contribution is -2.42. The summed E-state index contributed by atoms with van der Waals surface area (Å²) in [6.45, 7) is 3.96. The Morgan fingerprint density at radius 3 is 2.50 bits per heavy atom. The first-order chi connectivity index (χ1) is 14.3. The first-order valence-electron chi connectivity index (χ1n) is 9.89. The number of carbonyl (C=O) groups excluding carboxylic acids is 1. The lowest BCUT2D eigenvalue weighted by Gasteiger charge is -2.34. The minimum Gasteiger partial charge on any atom is -0.505 e. The molecular formula is C22H27N3O5. The maximum absolute atomic E-state index is 12.2. The van der Waals surface area contributed by atoms with E-state index in [0.29, 0.717) is 5.76 Å². The molecule has 0 aromatic heterocycles. The van der Waals surface area contributed by atoms with Gasteiger partial charge in [-0.3, -0.25) is 14.4 Å². The average Bonchev–Trinajstić information content (AvgIpc) is 2.75. The van der Waals surface area contributed by atoms with Crippen molar-refractivity contribution in [3.05, 3.63) is 56.5 Å². The Morgan fingerprint density at radius 1 is 1.17 bits per heavy atom. The summed E-state index contributed by atoms with van der Waals surface area (Å²) < 4.78 is 5.31. The molecule has 0 unspecified atom stereocenters. The average molecular weight is 413 g/mol. The number of aromatic hydroxyl groups is 1. The Labute approximate surface area is 174 Å². The number of phenolic OH excluding ortho intramolecular Hbond substituents is 1. The smallest absolute Gasteiger partial charge is 0.257 e. The molecule has 1 fully saturated rings. The van der Waals surface area contributed by atoms with Gasteiger partial charge in [0.15, 0.2) is 5.75 Å². The SMILES string of the molecule is C=C(OC)[C@H]1CCCC[C@@H]1Nc1c(Nc2cccc(C(=O)N(C)C)c2O)c(=O)c1=O. The molecule has 3 N–H and O–H groups in total. The standard InChI is InChI=1S/C22H27N3O5/c1-12(30-4)13-8-5-6-10-15(13)23-17-18(21(28)20(17)27)24-16-11-7-9-14(19(16)26)22(29)25(2)3/h7,9,11,13,15,23-24,26H,1,5-6,8,10H2,2-4H3/t13-,15+/m1/s1. The maximum Gasteiger partial charge on any atom is 0.257 e. The van der Waals surface area contributed by atoms with Crippen molar-refractivity contribution in [2.75, 3.05) is 31.8 Å². The van der Waals surface area contributed by atoms with Crippen molar-refractivity contribution in [3.8, 4) is 5.75 Å². The van der Waals surface area contributed by atoms with Crippen LogP contribution in [0.4, 0.5) is 17.1 Å². The fraction of sp³-hybridized carbons (Fsp3) is 0.409. The molecule has 1 saturated carbocycles. The molecule has 0 radical (unpaired) electrons. The van der Waals surface area contributed by atoms with Gasteiger partial charge in [-0.2, -0.15) is 0 Å². The quantitative estimate of drug-likeness (QED) is 0.364. The van der Waals surface area contributed by atoms with Gasteiger partial charge in [-0.05, 0) is 25.0 Å². The van der Waals surface area contributed by atoms with E-state index in [1.165, 1.54) is 11.0 Å². The highest BCUT2D eigenvalue weighted by molar-refractivity contribution is 5.99. The number of nitrogens with one attached hydrogen (secondary N) is 2. The minimum atomic E-state index is -0.667. The Hall–Kier alpha value is -3.29. The third-order valence-electron chi connectivity index (χ3n) is 5.61. The molecule has 3 rings (SSSR count). The lowest BCUT2D eigenvalue weighted by atomic mass is 9.83. The van der Waals surface area contributed by atoms with Gasteiger partial charge in [0.1, 0.15) is 11.4 Å². The highest BCUT2D eigenvalue weighted by Crippen LogP contribution is 2.35. The van der Waals surface area contributed by atoms with Gasteiger partial charge in [-0.25, -0.2) is 0 Å². The Morgan fingerprint density at radius 2 is 1.83 bits per heavy atom. The number of ether oxygens (including phenoxy) is 1. The molecule has 0 aliphatic heterocycles. The first kappa shape index (κ1) is 21.4. The number of hydrogen-bond acceptors (Lipinski definition) is 7. The zero-order chi connectivity index (χ0) is 22.0. The number of phenols is 1. The van der Waals surface area contributed by atoms with Crippen LogP contribution in [0, 0.1) is 5.92 Å². The van der Waals surface area contributed by atoms with Gasteiger partial charge in [-0.15, -0.1) is 0 Å². The van der Waals surface area contributed by atoms with Gasteiger partial charge < -0.3 is 25.4 Å². The summed E-state index contributed by atoms with van der Waals surface area (Å²) in [6, 6.07) is 4.55. The fourth-order valence-electron chi connectivity index (χ4n) is 3.87. The monoisotopic (exact) mass is 413 g/mol. The predicted molar refractivity (Wildman–Crippen MR) is 116 cm³/mol. The van der Waals surface area contributed by atoms with Gasteiger partial charge in [-0.1, -0.05) is 25.5 Å². The molecule has 0 bridgehead atoms. The van der Waals surface area contributed by atoms with Crippen molar-refractivity contribution in [2.24, 2.45) is 5.92 Å². The van der Waals surface area contributed by atoms with E-state index < -0.39 is 10.9 Å². The van der Waals surface area contributed by atoms with Gasteiger partial charge in [0.05, 0.1) is 24.1 Å². The molecular weight excluding hydrogens is 386 g/mol. The Kier molecular flexibility index (Phi) is 6.14. The molecule has 0 heterocycles. The molecule has 2 atom stereocenters. The van der Waals surface area contributed by atoms with Crippen LogP contribution in [-0.4, -0.2) is 43.2 Å². The summed E-state index contributed by atoms with van der Waals surface area (Å²) in [7, 11) is 4.73. The van der Waals surface area contributed by atoms with E-state index in [4.69, 9.17) is 4.74 Å². The Balaban J connectivity index is 1.87. The van der Waals surface area contributed by atoms with Crippen molar-refractivity contribution in [1.82, 2.24) is 4.90 Å². The lowest BCUT2D eigenvalue weighted by molar-refractivity contribution is 0.0824. The van der Waals surface area contributed by atoms with Gasteiger partial charge in [0.2, 0.25) is 0 Å². The summed E-state index contributed by atoms with van der Waals surface area (Å²) >= 11 is 0. The molecule has 8 heteroatoms. The number of anilines is 3. The zero-order valence-electron chi connectivity index (χ0n) is 17.4. The number of methoxy groups -OCH3 is 1. The topological polar surface area (TPSA) is 108 Å². The number of para-hydroxylation sites is 1. The van der Waals surface area contributed by atoms with Crippen LogP contribution in [0.15, 0.2) is 40.1 Å². The van der Waals surface area contributed by atoms with Crippen molar-refractivity contribution >= 4 is 23.0 Å². The van der Waals surface area contributed by atoms with E-state index in [9.17, 15) is 19.5 Å². The van der Waals surface area contributed by atoms with Crippen LogP contribution in [0.1, 0.15) is 36.0 Å². The third kappa shape index (κ3) is 3.90. The zero-order valence-corrected chi connectivity index (χ0v) is 17.4. The number of amides is 1. The molecule has 1 aliphatic rings. The van der Waals surface area contributed by atoms with Gasteiger partial charge in [0.25, 0.3) is 16.8 Å². The summed E-state index contributed by atoms with van der Waals surface area (Å²) in [4.78, 5) is 38.0. The molecule has 1 aliphatic carbocycles. The molecule has 30 heavy (non-hydrogen) atoms. The summed E-state index contributed by atoms with van der Waals surface area (Å²) in [5.74, 6) is 0.0320. The van der Waals surface area contributed by atoms with Crippen LogP contribution >= 0.6 is 0 Å². The largest absolute Gasteiger partial charge is 0.505 e. The predicted octanol–water partition coefficient (Wildman–Crippen LogP) is 2.56. The maximum atomic E-state index is 12.2. The molecule has 0 saturated heterocycles. The molecule has 2 aromatic rings. The summed E-state index contributed by atoms with van der Waals surface area (Å²) in [6.07, 6.45) is 3.75. The van der Waals surface area contributed by atoms with Gasteiger partial charge in [0, 0.05) is 26.1 Å². The van der Waals surface area contributed by atoms with Crippen LogP contribution in [-0.2, 0) is 4.74 Å². The van der Waals surface area contributed by atoms with E-state index in [0.717, 1.165) is 25.7 Å². The van der Waals surface area contributed by atoms with Crippen molar-refractivity contribution in [2.45, 2.75) is 31.7 Å². The normalized spacial score (nSPS) is 18.6. The second kappa shape index (κ2) is 8.61. The van der Waals surface area contributed by atoms with Crippen LogP contribution in [0.2, 0.25) is 0 Å².